The molecule has 1 amide bonds. The van der Waals surface area contributed by atoms with Gasteiger partial charge in [0.2, 0.25) is 0 Å². The van der Waals surface area contributed by atoms with E-state index in [0.717, 1.165) is 32.5 Å². The van der Waals surface area contributed by atoms with Gasteiger partial charge in [0.25, 0.3) is 5.91 Å². The molecule has 2 fully saturated rings. The highest BCUT2D eigenvalue weighted by Crippen LogP contribution is 2.36. The van der Waals surface area contributed by atoms with Crippen molar-refractivity contribution in [3.8, 4) is 0 Å². The normalized spacial score (nSPS) is 23.5. The van der Waals surface area contributed by atoms with E-state index in [0.29, 0.717) is 6.04 Å². The molecule has 108 valence electrons. The lowest BCUT2D eigenvalue weighted by Crippen LogP contribution is -2.39. The minimum Gasteiger partial charge on any atom is -0.335 e. The van der Waals surface area contributed by atoms with Crippen LogP contribution in [-0.2, 0) is 0 Å². The fraction of sp³-hybridized carbons (Fsp3) is 0.562. The minimum absolute atomic E-state index is 0.213. The van der Waals surface area contributed by atoms with Crippen LogP contribution >= 0.6 is 38.5 Å². The number of halogens is 2. The van der Waals surface area contributed by atoms with Gasteiger partial charge >= 0.3 is 0 Å². The molecule has 1 aliphatic carbocycles. The summed E-state index contributed by atoms with van der Waals surface area (Å²) in [5, 5.41) is 0. The van der Waals surface area contributed by atoms with E-state index < -0.39 is 0 Å². The van der Waals surface area contributed by atoms with Crippen molar-refractivity contribution in [2.45, 2.75) is 44.6 Å². The Bertz CT molecular complexity index is 513. The Morgan fingerprint density at radius 1 is 1.20 bits per heavy atom. The molecule has 1 aromatic carbocycles. The second-order valence-corrected chi connectivity index (χ2v) is 7.98. The van der Waals surface area contributed by atoms with E-state index >= 15 is 0 Å². The second-order valence-electron chi connectivity index (χ2n) is 5.88. The molecule has 2 nitrogen and oxygen atoms in total. The molecule has 1 aromatic rings. The van der Waals surface area contributed by atoms with Gasteiger partial charge in [0, 0.05) is 20.6 Å². The average molecular weight is 448 g/mol. The van der Waals surface area contributed by atoms with Gasteiger partial charge in [-0.2, -0.15) is 0 Å². The largest absolute Gasteiger partial charge is 0.335 e. The zero-order valence-electron chi connectivity index (χ0n) is 11.4. The van der Waals surface area contributed by atoms with E-state index in [9.17, 15) is 4.79 Å². The zero-order valence-corrected chi connectivity index (χ0v) is 15.2. The minimum atomic E-state index is 0.213. The third kappa shape index (κ3) is 2.91. The zero-order chi connectivity index (χ0) is 14.1. The molecule has 1 saturated heterocycles. The maximum absolute atomic E-state index is 12.9. The summed E-state index contributed by atoms with van der Waals surface area (Å²) in [6.45, 7) is 0.928. The number of likely N-dealkylation sites (tertiary alicyclic amines) is 1. The molecule has 1 heterocycles. The number of hydrogen-bond acceptors (Lipinski definition) is 1. The lowest BCUT2D eigenvalue weighted by atomic mass is 9.95. The fourth-order valence-corrected chi connectivity index (χ4v) is 4.60. The Hall–Kier alpha value is -0.100. The molecule has 0 spiro atoms. The van der Waals surface area contributed by atoms with Crippen LogP contribution in [0, 0.1) is 9.49 Å². The predicted octanol–water partition coefficient (Wildman–Crippen LogP) is 4.85. The van der Waals surface area contributed by atoms with Crippen LogP contribution in [0.25, 0.3) is 0 Å². The molecule has 1 atom stereocenters. The van der Waals surface area contributed by atoms with Crippen LogP contribution in [0.4, 0.5) is 0 Å². The summed E-state index contributed by atoms with van der Waals surface area (Å²) in [6.07, 6.45) is 7.66. The summed E-state index contributed by atoms with van der Waals surface area (Å²) >= 11 is 5.80. The Kier molecular flexibility index (Phi) is 4.70. The van der Waals surface area contributed by atoms with Gasteiger partial charge in [-0.25, -0.2) is 0 Å². The summed E-state index contributed by atoms with van der Waals surface area (Å²) in [5.41, 5.74) is 0.821. The molecule has 0 N–H and O–H groups in total. The number of hydrogen-bond donors (Lipinski definition) is 0. The van der Waals surface area contributed by atoms with Crippen molar-refractivity contribution < 1.29 is 4.79 Å². The first-order valence-corrected chi connectivity index (χ1v) is 9.30. The molecule has 0 radical (unpaired) electrons. The maximum Gasteiger partial charge on any atom is 0.255 e. The molecule has 0 aromatic heterocycles. The summed E-state index contributed by atoms with van der Waals surface area (Å²) in [6, 6.07) is 6.49. The van der Waals surface area contributed by atoms with Crippen molar-refractivity contribution in [1.82, 2.24) is 4.90 Å². The average Bonchev–Trinajstić information content (AvgIpc) is 3.10. The monoisotopic (exact) mass is 447 g/mol. The van der Waals surface area contributed by atoms with Gasteiger partial charge in [-0.3, -0.25) is 4.79 Å². The summed E-state index contributed by atoms with van der Waals surface area (Å²) in [5.74, 6) is 0.952. The van der Waals surface area contributed by atoms with Crippen molar-refractivity contribution >= 4 is 44.4 Å². The number of amides is 1. The van der Waals surface area contributed by atoms with Crippen molar-refractivity contribution in [3.63, 3.8) is 0 Å². The van der Waals surface area contributed by atoms with E-state index in [2.05, 4.69) is 43.4 Å². The van der Waals surface area contributed by atoms with Crippen molar-refractivity contribution in [2.75, 3.05) is 6.54 Å². The van der Waals surface area contributed by atoms with Gasteiger partial charge in [0.15, 0.2) is 0 Å². The van der Waals surface area contributed by atoms with E-state index in [1.54, 1.807) is 0 Å². The molecule has 3 rings (SSSR count). The summed E-state index contributed by atoms with van der Waals surface area (Å²) < 4.78 is 2.03. The van der Waals surface area contributed by atoms with Crippen LogP contribution < -0.4 is 0 Å². The first-order valence-electron chi connectivity index (χ1n) is 7.43. The number of carbonyl (C=O) groups excluding carboxylic acids is 1. The predicted molar refractivity (Wildman–Crippen MR) is 92.9 cm³/mol. The number of benzene rings is 1. The molecule has 1 unspecified atom stereocenters. The van der Waals surface area contributed by atoms with E-state index in [1.165, 1.54) is 32.1 Å². The lowest BCUT2D eigenvalue weighted by molar-refractivity contribution is 0.0688. The SMILES string of the molecule is O=C(c1cc(I)ccc1Br)N1CCCC1C1CCCC1. The Labute approximate surface area is 142 Å². The third-order valence-electron chi connectivity index (χ3n) is 4.66. The number of nitrogens with zero attached hydrogens (tertiary/aromatic N) is 1. The highest BCUT2D eigenvalue weighted by atomic mass is 127. The van der Waals surface area contributed by atoms with Crippen molar-refractivity contribution in [3.05, 3.63) is 31.8 Å². The van der Waals surface area contributed by atoms with Gasteiger partial charge < -0.3 is 4.90 Å². The molecule has 1 saturated carbocycles. The van der Waals surface area contributed by atoms with Gasteiger partial charge in [0.1, 0.15) is 0 Å². The van der Waals surface area contributed by atoms with Crippen LogP contribution in [0.5, 0.6) is 0 Å². The van der Waals surface area contributed by atoms with Gasteiger partial charge in [-0.15, -0.1) is 0 Å². The number of carbonyl (C=O) groups is 1. The third-order valence-corrected chi connectivity index (χ3v) is 6.03. The maximum atomic E-state index is 12.9. The Morgan fingerprint density at radius 2 is 1.95 bits per heavy atom. The molecule has 1 aliphatic heterocycles. The van der Waals surface area contributed by atoms with Gasteiger partial charge in [0.05, 0.1) is 5.56 Å². The van der Waals surface area contributed by atoms with Crippen LogP contribution in [0.15, 0.2) is 22.7 Å². The smallest absolute Gasteiger partial charge is 0.255 e. The first kappa shape index (κ1) is 14.8. The van der Waals surface area contributed by atoms with Gasteiger partial charge in [-0.1, -0.05) is 12.8 Å². The summed E-state index contributed by atoms with van der Waals surface area (Å²) in [7, 11) is 0. The quantitative estimate of drug-likeness (QED) is 0.593. The van der Waals surface area contributed by atoms with Crippen LogP contribution in [0.2, 0.25) is 0 Å². The highest BCUT2D eigenvalue weighted by molar-refractivity contribution is 14.1. The van der Waals surface area contributed by atoms with Crippen LogP contribution in [-0.4, -0.2) is 23.4 Å². The van der Waals surface area contributed by atoms with Crippen molar-refractivity contribution in [2.24, 2.45) is 5.92 Å². The molecule has 0 bridgehead atoms. The van der Waals surface area contributed by atoms with Gasteiger partial charge in [-0.05, 0) is 88.3 Å². The van der Waals surface area contributed by atoms with Crippen LogP contribution in [0.3, 0.4) is 0 Å². The topological polar surface area (TPSA) is 20.3 Å². The van der Waals surface area contributed by atoms with Crippen molar-refractivity contribution in [1.29, 1.82) is 0 Å². The highest BCUT2D eigenvalue weighted by Gasteiger charge is 2.36. The van der Waals surface area contributed by atoms with E-state index in [-0.39, 0.29) is 5.91 Å². The van der Waals surface area contributed by atoms with Crippen LogP contribution in [0.1, 0.15) is 48.9 Å². The first-order chi connectivity index (χ1) is 9.66. The Balaban J connectivity index is 1.83. The number of rotatable bonds is 2. The van der Waals surface area contributed by atoms with E-state index in [4.69, 9.17) is 0 Å². The molecule has 20 heavy (non-hydrogen) atoms. The molecular weight excluding hydrogens is 429 g/mol. The Morgan fingerprint density at radius 3 is 2.70 bits per heavy atom. The standard InChI is InChI=1S/C16H19BrINO/c17-14-8-7-12(18)10-13(14)16(20)19-9-3-6-15(19)11-4-1-2-5-11/h7-8,10-11,15H,1-6,9H2. The molecular formula is C16H19BrINO. The second kappa shape index (κ2) is 6.34. The molecule has 4 heteroatoms. The fourth-order valence-electron chi connectivity index (χ4n) is 3.69. The lowest BCUT2D eigenvalue weighted by Gasteiger charge is -2.29. The summed E-state index contributed by atoms with van der Waals surface area (Å²) in [4.78, 5) is 15.0. The van der Waals surface area contributed by atoms with E-state index in [1.807, 2.05) is 18.2 Å². The molecule has 2 aliphatic rings.